The molecule has 2 aromatic rings. The van der Waals surface area contributed by atoms with Gasteiger partial charge >= 0.3 is 6.09 Å². The molecule has 2 heterocycles. The quantitative estimate of drug-likeness (QED) is 0.813. The number of carbonyl (C=O) groups excluding carboxylic acids is 1. The number of nitrogens with zero attached hydrogens (tertiary/aromatic N) is 1. The van der Waals surface area contributed by atoms with E-state index in [0.717, 1.165) is 16.9 Å². The lowest BCUT2D eigenvalue weighted by atomic mass is 10.0. The van der Waals surface area contributed by atoms with E-state index in [9.17, 15) is 4.79 Å². The van der Waals surface area contributed by atoms with Gasteiger partial charge in [-0.3, -0.25) is 10.3 Å². The van der Waals surface area contributed by atoms with Crippen LogP contribution < -0.4 is 5.32 Å². The molecule has 0 bridgehead atoms. The lowest BCUT2D eigenvalue weighted by Gasteiger charge is -2.25. The van der Waals surface area contributed by atoms with Crippen LogP contribution in [0.3, 0.4) is 0 Å². The minimum Gasteiger partial charge on any atom is -0.434 e. The Balaban J connectivity index is 2.10. The summed E-state index contributed by atoms with van der Waals surface area (Å²) in [5, 5.41) is 2.67. The largest absolute Gasteiger partial charge is 0.434 e. The molecule has 3 rings (SSSR count). The molecular weight excluding hydrogens is 216 g/mol. The van der Waals surface area contributed by atoms with Crippen molar-refractivity contribution in [1.82, 2.24) is 4.98 Å². The van der Waals surface area contributed by atoms with Crippen LogP contribution in [0, 0.1) is 0 Å². The van der Waals surface area contributed by atoms with Crippen molar-refractivity contribution in [1.29, 1.82) is 0 Å². The van der Waals surface area contributed by atoms with Gasteiger partial charge in [0, 0.05) is 11.8 Å². The summed E-state index contributed by atoms with van der Waals surface area (Å²) in [6.45, 7) is 0. The molecule has 1 unspecified atom stereocenters. The second-order valence-corrected chi connectivity index (χ2v) is 3.75. The maximum Gasteiger partial charge on any atom is 0.412 e. The van der Waals surface area contributed by atoms with Crippen molar-refractivity contribution in [3.63, 3.8) is 0 Å². The van der Waals surface area contributed by atoms with Gasteiger partial charge in [-0.05, 0) is 18.2 Å². The summed E-state index contributed by atoms with van der Waals surface area (Å²) in [5.74, 6) is 0. The summed E-state index contributed by atoms with van der Waals surface area (Å²) in [5.41, 5.74) is 2.43. The zero-order chi connectivity index (χ0) is 11.7. The van der Waals surface area contributed by atoms with Crippen LogP contribution >= 0.6 is 0 Å². The molecule has 0 saturated heterocycles. The molecule has 17 heavy (non-hydrogen) atoms. The minimum absolute atomic E-state index is 0.429. The van der Waals surface area contributed by atoms with Crippen LogP contribution in [-0.4, -0.2) is 11.1 Å². The molecule has 4 heteroatoms. The second-order valence-electron chi connectivity index (χ2n) is 3.75. The Labute approximate surface area is 98.3 Å². The third kappa shape index (κ3) is 1.73. The highest BCUT2D eigenvalue weighted by atomic mass is 16.6. The maximum absolute atomic E-state index is 11.4. The van der Waals surface area contributed by atoms with Gasteiger partial charge in [-0.2, -0.15) is 0 Å². The lowest BCUT2D eigenvalue weighted by molar-refractivity contribution is 0.124. The van der Waals surface area contributed by atoms with Gasteiger partial charge in [0.2, 0.25) is 0 Å². The number of rotatable bonds is 1. The summed E-state index contributed by atoms with van der Waals surface area (Å²) in [6, 6.07) is 13.1. The number of aromatic nitrogens is 1. The fraction of sp³-hybridized carbons (Fsp3) is 0.0769. The smallest absolute Gasteiger partial charge is 0.412 e. The molecule has 0 fully saturated rings. The highest BCUT2D eigenvalue weighted by Gasteiger charge is 2.27. The van der Waals surface area contributed by atoms with Crippen molar-refractivity contribution < 1.29 is 9.53 Å². The molecule has 1 aromatic carbocycles. The van der Waals surface area contributed by atoms with Gasteiger partial charge < -0.3 is 4.74 Å². The second kappa shape index (κ2) is 3.90. The summed E-state index contributed by atoms with van der Waals surface area (Å²) in [6.07, 6.45) is 0.814. The monoisotopic (exact) mass is 226 g/mol. The summed E-state index contributed by atoms with van der Waals surface area (Å²) in [4.78, 5) is 15.7. The number of ether oxygens (including phenoxy) is 1. The SMILES string of the molecule is O=C1Nc2ccccc2C(c2ccccn2)O1. The number of hydrogen-bond donors (Lipinski definition) is 1. The molecule has 1 N–H and O–H groups in total. The van der Waals surface area contributed by atoms with Crippen LogP contribution in [-0.2, 0) is 4.74 Å². The van der Waals surface area contributed by atoms with Crippen LogP contribution in [0.1, 0.15) is 17.4 Å². The highest BCUT2D eigenvalue weighted by Crippen LogP contribution is 2.33. The molecule has 84 valence electrons. The topological polar surface area (TPSA) is 51.2 Å². The normalized spacial score (nSPS) is 17.9. The van der Waals surface area contributed by atoms with E-state index in [-0.39, 0.29) is 0 Å². The van der Waals surface area contributed by atoms with E-state index in [1.807, 2.05) is 42.5 Å². The van der Waals surface area contributed by atoms with Crippen LogP contribution in [0.4, 0.5) is 10.5 Å². The number of anilines is 1. The first-order valence-electron chi connectivity index (χ1n) is 5.32. The first-order valence-corrected chi connectivity index (χ1v) is 5.32. The summed E-state index contributed by atoms with van der Waals surface area (Å²) >= 11 is 0. The zero-order valence-corrected chi connectivity index (χ0v) is 8.96. The van der Waals surface area contributed by atoms with E-state index in [1.165, 1.54) is 0 Å². The van der Waals surface area contributed by atoms with Crippen molar-refractivity contribution in [2.24, 2.45) is 0 Å². The Kier molecular flexibility index (Phi) is 2.26. The Hall–Kier alpha value is -2.36. The molecule has 0 radical (unpaired) electrons. The standard InChI is InChI=1S/C13H10N2O2/c16-13-15-10-6-2-1-5-9(10)12(17-13)11-7-3-4-8-14-11/h1-8,12H,(H,15,16). The van der Waals surface area contributed by atoms with Crippen LogP contribution in [0.25, 0.3) is 0 Å². The minimum atomic E-state index is -0.445. The van der Waals surface area contributed by atoms with Gasteiger partial charge in [-0.15, -0.1) is 0 Å². The number of fused-ring (bicyclic) bond motifs is 1. The van der Waals surface area contributed by atoms with Gasteiger partial charge in [0.15, 0.2) is 6.10 Å². The van der Waals surface area contributed by atoms with E-state index in [1.54, 1.807) is 6.20 Å². The Morgan fingerprint density at radius 1 is 1.12 bits per heavy atom. The van der Waals surface area contributed by atoms with Gasteiger partial charge in [-0.25, -0.2) is 4.79 Å². The molecule has 1 atom stereocenters. The summed E-state index contributed by atoms with van der Waals surface area (Å²) < 4.78 is 5.29. The molecule has 1 amide bonds. The van der Waals surface area contributed by atoms with Crippen molar-refractivity contribution in [3.05, 3.63) is 59.9 Å². The Morgan fingerprint density at radius 2 is 1.94 bits per heavy atom. The number of hydrogen-bond acceptors (Lipinski definition) is 3. The molecule has 4 nitrogen and oxygen atoms in total. The zero-order valence-electron chi connectivity index (χ0n) is 8.96. The number of cyclic esters (lactones) is 1. The van der Waals surface area contributed by atoms with E-state index >= 15 is 0 Å². The lowest BCUT2D eigenvalue weighted by Crippen LogP contribution is -2.25. The van der Waals surface area contributed by atoms with Crippen molar-refractivity contribution in [2.75, 3.05) is 5.32 Å². The van der Waals surface area contributed by atoms with Crippen LogP contribution in [0.5, 0.6) is 0 Å². The number of para-hydroxylation sites is 1. The molecule has 1 aliphatic rings. The van der Waals surface area contributed by atoms with E-state index in [2.05, 4.69) is 10.3 Å². The van der Waals surface area contributed by atoms with Gasteiger partial charge in [0.05, 0.1) is 11.4 Å². The number of carbonyl (C=O) groups is 1. The molecular formula is C13H10N2O2. The molecule has 1 aromatic heterocycles. The maximum atomic E-state index is 11.4. The van der Waals surface area contributed by atoms with Gasteiger partial charge in [0.25, 0.3) is 0 Å². The Morgan fingerprint density at radius 3 is 2.76 bits per heavy atom. The van der Waals surface area contributed by atoms with Gasteiger partial charge in [0.1, 0.15) is 0 Å². The fourth-order valence-electron chi connectivity index (χ4n) is 1.90. The molecule has 1 aliphatic heterocycles. The van der Waals surface area contributed by atoms with E-state index in [0.29, 0.717) is 0 Å². The molecule has 0 aliphatic carbocycles. The Bertz CT molecular complexity index is 554. The number of benzene rings is 1. The van der Waals surface area contributed by atoms with Crippen molar-refractivity contribution in [3.8, 4) is 0 Å². The fourth-order valence-corrected chi connectivity index (χ4v) is 1.90. The van der Waals surface area contributed by atoms with Crippen LogP contribution in [0.2, 0.25) is 0 Å². The first kappa shape index (κ1) is 9.84. The van der Waals surface area contributed by atoms with E-state index in [4.69, 9.17) is 4.74 Å². The van der Waals surface area contributed by atoms with Gasteiger partial charge in [-0.1, -0.05) is 24.3 Å². The molecule has 0 saturated carbocycles. The third-order valence-electron chi connectivity index (χ3n) is 2.66. The molecule has 0 spiro atoms. The number of pyridine rings is 1. The average Bonchev–Trinajstić information content (AvgIpc) is 2.39. The van der Waals surface area contributed by atoms with Crippen molar-refractivity contribution in [2.45, 2.75) is 6.10 Å². The predicted molar refractivity (Wildman–Crippen MR) is 62.6 cm³/mol. The first-order chi connectivity index (χ1) is 8.34. The summed E-state index contributed by atoms with van der Waals surface area (Å²) in [7, 11) is 0. The third-order valence-corrected chi connectivity index (χ3v) is 2.66. The number of amides is 1. The predicted octanol–water partition coefficient (Wildman–Crippen LogP) is 2.73. The van der Waals surface area contributed by atoms with E-state index < -0.39 is 12.2 Å². The highest BCUT2D eigenvalue weighted by molar-refractivity contribution is 5.88. The average molecular weight is 226 g/mol. The van der Waals surface area contributed by atoms with Crippen LogP contribution in [0.15, 0.2) is 48.7 Å². The van der Waals surface area contributed by atoms with Crippen molar-refractivity contribution >= 4 is 11.8 Å². The number of nitrogens with one attached hydrogen (secondary N) is 1.